The Morgan fingerprint density at radius 1 is 0.667 bits per heavy atom. The fraction of sp³-hybridized carbons (Fsp3) is 0.100. The molecule has 0 radical (unpaired) electrons. The summed E-state index contributed by atoms with van der Waals surface area (Å²) in [6, 6.07) is 21.4. The van der Waals surface area contributed by atoms with Gasteiger partial charge in [0.25, 0.3) is 0 Å². The van der Waals surface area contributed by atoms with Crippen molar-refractivity contribution in [1.82, 2.24) is 0 Å². The lowest BCUT2D eigenvalue weighted by Crippen LogP contribution is -1.87. The zero-order valence-electron chi connectivity index (χ0n) is 12.2. The minimum atomic E-state index is 0.617. The molecule has 0 aliphatic carbocycles. The van der Waals surface area contributed by atoms with Gasteiger partial charge in [-0.25, -0.2) is 0 Å². The molecule has 0 aliphatic rings. The number of rotatable bonds is 4. The van der Waals surface area contributed by atoms with Gasteiger partial charge in [-0.2, -0.15) is 0 Å². The van der Waals surface area contributed by atoms with Gasteiger partial charge in [0.15, 0.2) is 0 Å². The van der Waals surface area contributed by atoms with Crippen molar-refractivity contribution in [3.05, 3.63) is 86.0 Å². The highest BCUT2D eigenvalue weighted by Gasteiger charge is 1.95. The predicted molar refractivity (Wildman–Crippen MR) is 92.7 cm³/mol. The summed E-state index contributed by atoms with van der Waals surface area (Å²) in [6.07, 6.45) is 3.42. The van der Waals surface area contributed by atoms with Gasteiger partial charge in [-0.05, 0) is 33.7 Å². The van der Waals surface area contributed by atoms with E-state index in [0.717, 1.165) is 0 Å². The fourth-order valence-corrected chi connectivity index (χ4v) is 2.12. The van der Waals surface area contributed by atoms with Crippen LogP contribution in [0.15, 0.2) is 86.0 Å². The third-order valence-corrected chi connectivity index (χ3v) is 3.09. The Kier molecular flexibility index (Phi) is 5.74. The third-order valence-electron chi connectivity index (χ3n) is 3.09. The summed E-state index contributed by atoms with van der Waals surface area (Å²) in [7, 11) is 0. The molecule has 0 atom stereocenters. The van der Waals surface area contributed by atoms with Gasteiger partial charge >= 0.3 is 0 Å². The Balaban J connectivity index is 0.000000199. The molecule has 0 aliphatic heterocycles. The number of ether oxygens (including phenoxy) is 1. The highest BCUT2D eigenvalue weighted by atomic mass is 16.5. The lowest BCUT2D eigenvalue weighted by Gasteiger charge is -2.00. The molecule has 0 saturated carbocycles. The minimum Gasteiger partial charge on any atom is -0.373 e. The van der Waals surface area contributed by atoms with Crippen molar-refractivity contribution in [2.75, 3.05) is 13.2 Å². The zero-order valence-corrected chi connectivity index (χ0v) is 12.2. The van der Waals surface area contributed by atoms with Crippen LogP contribution in [-0.2, 0) is 4.74 Å². The Morgan fingerprint density at radius 3 is 1.29 bits per heavy atom. The van der Waals surface area contributed by atoms with Gasteiger partial charge in [0.2, 0.25) is 0 Å². The Morgan fingerprint density at radius 2 is 1.00 bits per heavy atom. The average molecular weight is 276 g/mol. The summed E-state index contributed by atoms with van der Waals surface area (Å²) in [4.78, 5) is 0. The van der Waals surface area contributed by atoms with Gasteiger partial charge in [-0.15, -0.1) is 13.2 Å². The normalized spacial score (nSPS) is 9.90. The largest absolute Gasteiger partial charge is 0.373 e. The summed E-state index contributed by atoms with van der Waals surface area (Å²) in [5.41, 5.74) is 0. The summed E-state index contributed by atoms with van der Waals surface area (Å²) >= 11 is 0. The van der Waals surface area contributed by atoms with E-state index in [9.17, 15) is 0 Å². The molecule has 0 aromatic heterocycles. The molecule has 0 heterocycles. The van der Waals surface area contributed by atoms with Gasteiger partial charge in [0, 0.05) is 0 Å². The van der Waals surface area contributed by atoms with E-state index in [1.165, 1.54) is 21.5 Å². The number of hydrogen-bond acceptors (Lipinski definition) is 1. The molecule has 0 amide bonds. The first-order chi connectivity index (χ1) is 10.3. The Hall–Kier alpha value is -2.38. The van der Waals surface area contributed by atoms with Crippen molar-refractivity contribution in [2.24, 2.45) is 0 Å². The molecule has 1 heteroatoms. The predicted octanol–water partition coefficient (Wildman–Crippen LogP) is 5.37. The topological polar surface area (TPSA) is 9.23 Å². The molecule has 1 nitrogen and oxygen atoms in total. The maximum absolute atomic E-state index is 4.90. The lowest BCUT2D eigenvalue weighted by atomic mass is 10.0. The van der Waals surface area contributed by atoms with Crippen LogP contribution in [0.4, 0.5) is 0 Å². The summed E-state index contributed by atoms with van der Waals surface area (Å²) in [5, 5.41) is 5.25. The van der Waals surface area contributed by atoms with Gasteiger partial charge in [-0.1, -0.05) is 60.7 Å². The lowest BCUT2D eigenvalue weighted by molar-refractivity contribution is 0.194. The second-order valence-electron chi connectivity index (χ2n) is 4.66. The molecular formula is C20H20O. The van der Waals surface area contributed by atoms with E-state index in [2.05, 4.69) is 73.8 Å². The Labute approximate surface area is 126 Å². The van der Waals surface area contributed by atoms with E-state index in [0.29, 0.717) is 13.2 Å². The van der Waals surface area contributed by atoms with Crippen LogP contribution in [0.3, 0.4) is 0 Å². The van der Waals surface area contributed by atoms with E-state index < -0.39 is 0 Å². The number of benzene rings is 3. The fourth-order valence-electron chi connectivity index (χ4n) is 2.12. The smallest absolute Gasteiger partial charge is 0.0649 e. The van der Waals surface area contributed by atoms with Gasteiger partial charge in [0.1, 0.15) is 0 Å². The highest BCUT2D eigenvalue weighted by Crippen LogP contribution is 2.21. The molecule has 0 saturated heterocycles. The average Bonchev–Trinajstić information content (AvgIpc) is 2.54. The van der Waals surface area contributed by atoms with Crippen molar-refractivity contribution in [2.45, 2.75) is 0 Å². The van der Waals surface area contributed by atoms with Gasteiger partial charge in [-0.3, -0.25) is 0 Å². The van der Waals surface area contributed by atoms with Crippen molar-refractivity contribution in [3.63, 3.8) is 0 Å². The molecule has 106 valence electrons. The molecule has 0 spiro atoms. The second-order valence-corrected chi connectivity index (χ2v) is 4.66. The molecule has 0 fully saturated rings. The quantitative estimate of drug-likeness (QED) is 0.354. The summed E-state index contributed by atoms with van der Waals surface area (Å²) < 4.78 is 4.90. The maximum atomic E-state index is 4.90. The maximum Gasteiger partial charge on any atom is 0.0649 e. The van der Waals surface area contributed by atoms with Crippen LogP contribution in [0.2, 0.25) is 0 Å². The molecule has 0 unspecified atom stereocenters. The highest BCUT2D eigenvalue weighted by molar-refractivity contribution is 5.98. The van der Waals surface area contributed by atoms with Crippen molar-refractivity contribution < 1.29 is 4.74 Å². The molecule has 21 heavy (non-hydrogen) atoms. The third kappa shape index (κ3) is 4.30. The van der Waals surface area contributed by atoms with Crippen LogP contribution in [0.1, 0.15) is 0 Å². The zero-order chi connectivity index (χ0) is 14.9. The molecular weight excluding hydrogens is 256 g/mol. The van der Waals surface area contributed by atoms with Crippen LogP contribution >= 0.6 is 0 Å². The number of fused-ring (bicyclic) bond motifs is 2. The second kappa shape index (κ2) is 8.03. The van der Waals surface area contributed by atoms with E-state index in [4.69, 9.17) is 4.74 Å². The van der Waals surface area contributed by atoms with Crippen molar-refractivity contribution in [3.8, 4) is 0 Å². The minimum absolute atomic E-state index is 0.617. The van der Waals surface area contributed by atoms with Crippen LogP contribution in [0.25, 0.3) is 21.5 Å². The Bertz CT molecular complexity index is 615. The molecule has 3 rings (SSSR count). The standard InChI is InChI=1S/C14H10.C6H10O/c1-2-6-12-10-14-8-4-3-7-13(14)9-11(12)5-1;1-3-5-7-6-4-2/h1-10H;3-4H,1-2,5-6H2. The summed E-state index contributed by atoms with van der Waals surface area (Å²) in [5.74, 6) is 0. The van der Waals surface area contributed by atoms with E-state index in [1.807, 2.05) is 0 Å². The van der Waals surface area contributed by atoms with E-state index in [-0.39, 0.29) is 0 Å². The first-order valence-electron chi connectivity index (χ1n) is 7.02. The monoisotopic (exact) mass is 276 g/mol. The van der Waals surface area contributed by atoms with E-state index >= 15 is 0 Å². The molecule has 3 aromatic rings. The van der Waals surface area contributed by atoms with Crippen molar-refractivity contribution in [1.29, 1.82) is 0 Å². The van der Waals surface area contributed by atoms with Crippen LogP contribution in [0.5, 0.6) is 0 Å². The van der Waals surface area contributed by atoms with Crippen LogP contribution < -0.4 is 0 Å². The van der Waals surface area contributed by atoms with Crippen molar-refractivity contribution >= 4 is 21.5 Å². The first kappa shape index (κ1) is 15.0. The number of hydrogen-bond donors (Lipinski definition) is 0. The van der Waals surface area contributed by atoms with Crippen LogP contribution in [0, 0.1) is 0 Å². The molecule has 0 N–H and O–H groups in total. The molecule has 0 bridgehead atoms. The van der Waals surface area contributed by atoms with Gasteiger partial charge < -0.3 is 4.74 Å². The van der Waals surface area contributed by atoms with E-state index in [1.54, 1.807) is 12.2 Å². The molecule has 3 aromatic carbocycles. The van der Waals surface area contributed by atoms with Crippen LogP contribution in [-0.4, -0.2) is 13.2 Å². The first-order valence-corrected chi connectivity index (χ1v) is 7.02. The van der Waals surface area contributed by atoms with Gasteiger partial charge in [0.05, 0.1) is 13.2 Å². The summed E-state index contributed by atoms with van der Waals surface area (Å²) in [6.45, 7) is 8.18. The SMILES string of the molecule is C=CCOCC=C.c1ccc2cc3ccccc3cc2c1.